The maximum absolute atomic E-state index is 13.4. The third kappa shape index (κ3) is 3.34. The monoisotopic (exact) mass is 405 g/mol. The Balaban J connectivity index is 0.00000231. The Labute approximate surface area is 175 Å². The summed E-state index contributed by atoms with van der Waals surface area (Å²) < 4.78 is 15.1. The van der Waals surface area contributed by atoms with Gasteiger partial charge < -0.3 is 10.2 Å². The number of nitrogens with one attached hydrogen (secondary N) is 1. The summed E-state index contributed by atoms with van der Waals surface area (Å²) in [5, 5.41) is 16.2. The van der Waals surface area contributed by atoms with Gasteiger partial charge in [-0.3, -0.25) is 4.98 Å². The van der Waals surface area contributed by atoms with E-state index in [0.717, 1.165) is 59.0 Å². The van der Waals surface area contributed by atoms with Crippen molar-refractivity contribution in [3.63, 3.8) is 0 Å². The number of aromatic nitrogens is 5. The quantitative estimate of drug-likeness (QED) is 0.558. The second kappa shape index (κ2) is 7.37. The highest BCUT2D eigenvalue weighted by Crippen LogP contribution is 2.28. The van der Waals surface area contributed by atoms with Crippen LogP contribution in [0.1, 0.15) is 29.4 Å². The first-order valence-corrected chi connectivity index (χ1v) is 9.97. The van der Waals surface area contributed by atoms with Crippen LogP contribution < -0.4 is 10.2 Å². The molecule has 1 N–H and O–H groups in total. The van der Waals surface area contributed by atoms with Crippen LogP contribution in [0.25, 0.3) is 5.65 Å². The second-order valence-corrected chi connectivity index (χ2v) is 7.66. The number of hydrogen-bond acceptors (Lipinski definition) is 6. The summed E-state index contributed by atoms with van der Waals surface area (Å²) in [4.78, 5) is 6.93. The summed E-state index contributed by atoms with van der Waals surface area (Å²) in [6, 6.07) is 8.75. The molecular formula is C22H24FN7. The molecular weight excluding hydrogens is 381 g/mol. The summed E-state index contributed by atoms with van der Waals surface area (Å²) in [6.07, 6.45) is 4.35. The number of benzene rings is 1. The molecule has 1 aliphatic heterocycles. The Hall–Kier alpha value is -3.55. The van der Waals surface area contributed by atoms with Crippen LogP contribution in [0.15, 0.2) is 42.9 Å². The minimum Gasteiger partial charge on any atom is -0.380 e. The fourth-order valence-electron chi connectivity index (χ4n) is 3.92. The van der Waals surface area contributed by atoms with Gasteiger partial charge in [-0.15, -0.1) is 15.3 Å². The topological polar surface area (TPSA) is 71.2 Å². The van der Waals surface area contributed by atoms with E-state index in [9.17, 15) is 4.39 Å². The molecule has 30 heavy (non-hydrogen) atoms. The van der Waals surface area contributed by atoms with Crippen LogP contribution in [0.5, 0.6) is 0 Å². The van der Waals surface area contributed by atoms with Gasteiger partial charge >= 0.3 is 0 Å². The van der Waals surface area contributed by atoms with Gasteiger partial charge in [0.25, 0.3) is 0 Å². The number of aryl methyl sites for hydroxylation is 1. The van der Waals surface area contributed by atoms with Crippen molar-refractivity contribution in [2.45, 2.75) is 33.4 Å². The van der Waals surface area contributed by atoms with E-state index in [0.29, 0.717) is 6.54 Å². The lowest BCUT2D eigenvalue weighted by atomic mass is 10.0. The molecule has 0 aliphatic carbocycles. The van der Waals surface area contributed by atoms with Gasteiger partial charge in [-0.05, 0) is 43.2 Å². The zero-order chi connectivity index (χ0) is 20.7. The standard InChI is InChI=1S/C22H22FN7.H2/c1-14-15(2)22(28-30-13-26-27-21(14)30)29-7-6-20-17(12-29)9-19(11-25-20)24-10-16-4-3-5-18(23)8-16;/h3-5,8-9,11,13,24H,6-7,10,12H2,1-2H3;1H. The molecule has 1 aliphatic rings. The first kappa shape index (κ1) is 18.5. The van der Waals surface area contributed by atoms with E-state index in [1.165, 1.54) is 11.6 Å². The number of anilines is 2. The molecule has 0 fully saturated rings. The van der Waals surface area contributed by atoms with Crippen molar-refractivity contribution < 1.29 is 5.82 Å². The molecule has 0 radical (unpaired) electrons. The maximum atomic E-state index is 13.4. The highest BCUT2D eigenvalue weighted by molar-refractivity contribution is 5.60. The van der Waals surface area contributed by atoms with E-state index in [-0.39, 0.29) is 7.24 Å². The number of rotatable bonds is 4. The molecule has 8 heteroatoms. The SMILES string of the molecule is Cc1c(N2CCc3ncc(NCc4cccc(F)c4)cc3C2)nn2cnnc2c1C.[HH]. The smallest absolute Gasteiger partial charge is 0.180 e. The van der Waals surface area contributed by atoms with Crippen LogP contribution >= 0.6 is 0 Å². The molecule has 0 unspecified atom stereocenters. The van der Waals surface area contributed by atoms with Gasteiger partial charge in [-0.2, -0.15) is 4.52 Å². The molecule has 154 valence electrons. The first-order chi connectivity index (χ1) is 14.6. The van der Waals surface area contributed by atoms with Crippen molar-refractivity contribution >= 4 is 17.2 Å². The summed E-state index contributed by atoms with van der Waals surface area (Å²) in [5.41, 5.74) is 7.11. The predicted octanol–water partition coefficient (Wildman–Crippen LogP) is 3.70. The molecule has 0 atom stereocenters. The summed E-state index contributed by atoms with van der Waals surface area (Å²) in [5.74, 6) is 0.723. The summed E-state index contributed by atoms with van der Waals surface area (Å²) >= 11 is 0. The average Bonchev–Trinajstić information content (AvgIpc) is 3.23. The summed E-state index contributed by atoms with van der Waals surface area (Å²) in [6.45, 7) is 6.28. The highest BCUT2D eigenvalue weighted by Gasteiger charge is 2.22. The molecule has 0 amide bonds. The van der Waals surface area contributed by atoms with Gasteiger partial charge in [0.2, 0.25) is 0 Å². The van der Waals surface area contributed by atoms with E-state index >= 15 is 0 Å². The number of pyridine rings is 1. The largest absolute Gasteiger partial charge is 0.380 e. The van der Waals surface area contributed by atoms with Gasteiger partial charge in [-0.25, -0.2) is 4.39 Å². The van der Waals surface area contributed by atoms with E-state index in [4.69, 9.17) is 5.10 Å². The van der Waals surface area contributed by atoms with Crippen molar-refractivity contribution in [1.82, 2.24) is 24.8 Å². The molecule has 4 heterocycles. The van der Waals surface area contributed by atoms with Crippen molar-refractivity contribution in [3.8, 4) is 0 Å². The Morgan fingerprint density at radius 3 is 2.97 bits per heavy atom. The highest BCUT2D eigenvalue weighted by atomic mass is 19.1. The molecule has 0 bridgehead atoms. The Morgan fingerprint density at radius 1 is 1.20 bits per heavy atom. The molecule has 4 aromatic rings. The molecule has 0 spiro atoms. The van der Waals surface area contributed by atoms with E-state index < -0.39 is 0 Å². The lowest BCUT2D eigenvalue weighted by Gasteiger charge is -2.30. The zero-order valence-corrected chi connectivity index (χ0v) is 16.9. The van der Waals surface area contributed by atoms with Crippen LogP contribution in [0.4, 0.5) is 15.9 Å². The van der Waals surface area contributed by atoms with Crippen LogP contribution in [0.3, 0.4) is 0 Å². The lowest BCUT2D eigenvalue weighted by molar-refractivity contribution is 0.626. The Bertz CT molecular complexity index is 1240. The fourth-order valence-corrected chi connectivity index (χ4v) is 3.92. The van der Waals surface area contributed by atoms with Gasteiger partial charge in [0.05, 0.1) is 11.9 Å². The van der Waals surface area contributed by atoms with Crippen LogP contribution in [-0.4, -0.2) is 31.3 Å². The minimum atomic E-state index is -0.225. The van der Waals surface area contributed by atoms with E-state index in [1.807, 2.05) is 12.3 Å². The molecule has 0 saturated carbocycles. The first-order valence-electron chi connectivity index (χ1n) is 9.97. The van der Waals surface area contributed by atoms with Gasteiger partial charge in [0, 0.05) is 44.3 Å². The number of nitrogens with zero attached hydrogens (tertiary/aromatic N) is 6. The molecule has 5 rings (SSSR count). The number of halogens is 1. The van der Waals surface area contributed by atoms with Crippen LogP contribution in [0, 0.1) is 19.7 Å². The van der Waals surface area contributed by atoms with E-state index in [1.54, 1.807) is 23.0 Å². The number of hydrogen-bond donors (Lipinski definition) is 1. The van der Waals surface area contributed by atoms with Gasteiger partial charge in [0.1, 0.15) is 12.1 Å². The predicted molar refractivity (Wildman–Crippen MR) is 115 cm³/mol. The Kier molecular flexibility index (Phi) is 4.54. The normalized spacial score (nSPS) is 13.5. The van der Waals surface area contributed by atoms with Crippen LogP contribution in [0.2, 0.25) is 0 Å². The average molecular weight is 405 g/mol. The number of fused-ring (bicyclic) bond motifs is 2. The fraction of sp³-hybridized carbons (Fsp3) is 0.273. The minimum absolute atomic E-state index is 0. The van der Waals surface area contributed by atoms with Gasteiger partial charge in [0.15, 0.2) is 11.5 Å². The lowest BCUT2D eigenvalue weighted by Crippen LogP contribution is -2.33. The Morgan fingerprint density at radius 2 is 2.10 bits per heavy atom. The molecule has 0 saturated heterocycles. The maximum Gasteiger partial charge on any atom is 0.180 e. The second-order valence-electron chi connectivity index (χ2n) is 7.66. The van der Waals surface area contributed by atoms with Crippen LogP contribution in [-0.2, 0) is 19.5 Å². The molecule has 1 aromatic carbocycles. The third-order valence-electron chi connectivity index (χ3n) is 5.69. The molecule has 3 aromatic heterocycles. The summed E-state index contributed by atoms with van der Waals surface area (Å²) in [7, 11) is 0. The van der Waals surface area contributed by atoms with Crippen molar-refractivity contribution in [2.75, 3.05) is 16.8 Å². The van der Waals surface area contributed by atoms with Gasteiger partial charge in [-0.1, -0.05) is 12.1 Å². The van der Waals surface area contributed by atoms with Crippen molar-refractivity contribution in [3.05, 3.63) is 76.6 Å². The zero-order valence-electron chi connectivity index (χ0n) is 16.9. The third-order valence-corrected chi connectivity index (χ3v) is 5.69. The molecule has 7 nitrogen and oxygen atoms in total. The van der Waals surface area contributed by atoms with E-state index in [2.05, 4.69) is 45.3 Å². The van der Waals surface area contributed by atoms with Crippen molar-refractivity contribution in [1.29, 1.82) is 0 Å². The van der Waals surface area contributed by atoms with Crippen molar-refractivity contribution in [2.24, 2.45) is 0 Å².